The van der Waals surface area contributed by atoms with Crippen LogP contribution in [0.3, 0.4) is 0 Å². The predicted octanol–water partition coefficient (Wildman–Crippen LogP) is 3.87. The average Bonchev–Trinajstić information content (AvgIpc) is 2.27. The maximum atomic E-state index is 12.6. The van der Waals surface area contributed by atoms with E-state index >= 15 is 0 Å². The molecule has 2 nitrogen and oxygen atoms in total. The Bertz CT molecular complexity index is 661. The van der Waals surface area contributed by atoms with Gasteiger partial charge < -0.3 is 4.98 Å². The molecule has 1 N–H and O–H groups in total. The van der Waals surface area contributed by atoms with Crippen LogP contribution in [0.4, 0.5) is 13.2 Å². The van der Waals surface area contributed by atoms with E-state index in [1.165, 1.54) is 6.07 Å². The first kappa shape index (κ1) is 13.1. The van der Waals surface area contributed by atoms with Crippen LogP contribution in [0, 0.1) is 0 Å². The van der Waals surface area contributed by atoms with Gasteiger partial charge in [0.1, 0.15) is 5.69 Å². The van der Waals surface area contributed by atoms with Crippen LogP contribution >= 0.6 is 15.9 Å². The zero-order valence-corrected chi connectivity index (χ0v) is 10.9. The SMILES string of the molecule is CCc1cc(Br)cc2c(=O)cc(C(F)(F)F)[nH]c12. The van der Waals surface area contributed by atoms with Crippen molar-refractivity contribution in [3.8, 4) is 0 Å². The van der Waals surface area contributed by atoms with E-state index in [0.717, 1.165) is 0 Å². The minimum absolute atomic E-state index is 0.250. The first-order chi connectivity index (χ1) is 8.32. The molecule has 0 spiro atoms. The number of aryl methyl sites for hydroxylation is 1. The summed E-state index contributed by atoms with van der Waals surface area (Å²) in [6.45, 7) is 1.82. The van der Waals surface area contributed by atoms with Gasteiger partial charge in [-0.05, 0) is 24.1 Å². The third-order valence-electron chi connectivity index (χ3n) is 2.67. The van der Waals surface area contributed by atoms with Crippen molar-refractivity contribution in [1.82, 2.24) is 4.98 Å². The van der Waals surface area contributed by atoms with Crippen molar-refractivity contribution in [2.45, 2.75) is 19.5 Å². The number of aromatic amines is 1. The Morgan fingerprint density at radius 1 is 1.28 bits per heavy atom. The van der Waals surface area contributed by atoms with E-state index in [1.54, 1.807) is 6.07 Å². The van der Waals surface area contributed by atoms with Crippen molar-refractivity contribution < 1.29 is 13.2 Å². The topological polar surface area (TPSA) is 32.9 Å². The van der Waals surface area contributed by atoms with Crippen molar-refractivity contribution in [2.24, 2.45) is 0 Å². The van der Waals surface area contributed by atoms with Gasteiger partial charge in [-0.1, -0.05) is 22.9 Å². The molecule has 2 aromatic rings. The molecule has 1 aromatic carbocycles. The average molecular weight is 320 g/mol. The fourth-order valence-electron chi connectivity index (χ4n) is 1.82. The van der Waals surface area contributed by atoms with Crippen molar-refractivity contribution in [2.75, 3.05) is 0 Å². The molecule has 2 rings (SSSR count). The molecule has 96 valence electrons. The van der Waals surface area contributed by atoms with Crippen molar-refractivity contribution in [3.63, 3.8) is 0 Å². The van der Waals surface area contributed by atoms with E-state index in [2.05, 4.69) is 20.9 Å². The standard InChI is InChI=1S/C12H9BrF3NO/c1-2-6-3-7(13)4-8-9(18)5-10(12(14,15)16)17-11(6)8/h3-5H,2H2,1H3,(H,17,18). The Morgan fingerprint density at radius 2 is 1.94 bits per heavy atom. The van der Waals surface area contributed by atoms with Gasteiger partial charge in [-0.2, -0.15) is 13.2 Å². The van der Waals surface area contributed by atoms with Crippen LogP contribution in [0.15, 0.2) is 27.5 Å². The summed E-state index contributed by atoms with van der Waals surface area (Å²) in [5.41, 5.74) is -0.729. The van der Waals surface area contributed by atoms with Gasteiger partial charge in [0.2, 0.25) is 0 Å². The number of hydrogen-bond acceptors (Lipinski definition) is 1. The third-order valence-corrected chi connectivity index (χ3v) is 3.13. The lowest BCUT2D eigenvalue weighted by Gasteiger charge is -2.10. The number of halogens is 4. The zero-order valence-electron chi connectivity index (χ0n) is 9.36. The lowest BCUT2D eigenvalue weighted by molar-refractivity contribution is -0.141. The van der Waals surface area contributed by atoms with Gasteiger partial charge >= 0.3 is 6.18 Å². The molecule has 0 atom stereocenters. The second-order valence-electron chi connectivity index (χ2n) is 3.89. The van der Waals surface area contributed by atoms with E-state index in [-0.39, 0.29) is 10.9 Å². The number of benzene rings is 1. The van der Waals surface area contributed by atoms with Crippen LogP contribution in [0.2, 0.25) is 0 Å². The summed E-state index contributed by atoms with van der Waals surface area (Å²) in [4.78, 5) is 14.0. The quantitative estimate of drug-likeness (QED) is 0.850. The normalized spacial score (nSPS) is 12.1. The Morgan fingerprint density at radius 3 is 2.50 bits per heavy atom. The van der Waals surface area contributed by atoms with Gasteiger partial charge in [0.05, 0.1) is 5.52 Å². The van der Waals surface area contributed by atoms with Crippen LogP contribution in [-0.4, -0.2) is 4.98 Å². The molecular formula is C12H9BrF3NO. The molecule has 0 saturated heterocycles. The maximum Gasteiger partial charge on any atom is 0.431 e. The zero-order chi connectivity index (χ0) is 13.5. The van der Waals surface area contributed by atoms with Crippen LogP contribution in [-0.2, 0) is 12.6 Å². The number of nitrogens with one attached hydrogen (secondary N) is 1. The van der Waals surface area contributed by atoms with Crippen molar-refractivity contribution in [3.05, 3.63) is 44.2 Å². The predicted molar refractivity (Wildman–Crippen MR) is 66.6 cm³/mol. The molecule has 1 aromatic heterocycles. The van der Waals surface area contributed by atoms with Gasteiger partial charge in [-0.25, -0.2) is 0 Å². The molecule has 18 heavy (non-hydrogen) atoms. The number of aromatic nitrogens is 1. The molecular weight excluding hydrogens is 311 g/mol. The van der Waals surface area contributed by atoms with E-state index in [0.29, 0.717) is 22.5 Å². The first-order valence-electron chi connectivity index (χ1n) is 5.25. The van der Waals surface area contributed by atoms with E-state index in [9.17, 15) is 18.0 Å². The molecule has 0 bridgehead atoms. The van der Waals surface area contributed by atoms with E-state index < -0.39 is 17.3 Å². The van der Waals surface area contributed by atoms with Gasteiger partial charge in [0.15, 0.2) is 5.43 Å². The smallest absolute Gasteiger partial charge is 0.351 e. The summed E-state index contributed by atoms with van der Waals surface area (Å²) < 4.78 is 38.6. The number of H-pyrrole nitrogens is 1. The molecule has 6 heteroatoms. The van der Waals surface area contributed by atoms with Gasteiger partial charge in [0, 0.05) is 15.9 Å². The summed E-state index contributed by atoms with van der Waals surface area (Å²) in [5, 5.41) is 0.259. The van der Waals surface area contributed by atoms with Crippen molar-refractivity contribution in [1.29, 1.82) is 0 Å². The monoisotopic (exact) mass is 319 g/mol. The Balaban J connectivity index is 2.87. The lowest BCUT2D eigenvalue weighted by atomic mass is 10.1. The molecule has 0 amide bonds. The second-order valence-corrected chi connectivity index (χ2v) is 4.80. The Labute approximate surface area is 109 Å². The van der Waals surface area contributed by atoms with Crippen molar-refractivity contribution >= 4 is 26.8 Å². The minimum Gasteiger partial charge on any atom is -0.351 e. The maximum absolute atomic E-state index is 12.6. The molecule has 0 unspecified atom stereocenters. The second kappa shape index (κ2) is 4.42. The Kier molecular flexibility index (Phi) is 3.23. The molecule has 0 radical (unpaired) electrons. The fourth-order valence-corrected chi connectivity index (χ4v) is 2.32. The third kappa shape index (κ3) is 2.29. The van der Waals surface area contributed by atoms with E-state index in [4.69, 9.17) is 0 Å². The summed E-state index contributed by atoms with van der Waals surface area (Å²) in [6, 6.07) is 3.82. The molecule has 0 saturated carbocycles. The highest BCUT2D eigenvalue weighted by Gasteiger charge is 2.32. The molecule has 1 heterocycles. The number of rotatable bonds is 1. The number of alkyl halides is 3. The van der Waals surface area contributed by atoms with Crippen LogP contribution in [0.5, 0.6) is 0 Å². The van der Waals surface area contributed by atoms with Crippen LogP contribution in [0.1, 0.15) is 18.2 Å². The van der Waals surface area contributed by atoms with Gasteiger partial charge in [-0.15, -0.1) is 0 Å². The van der Waals surface area contributed by atoms with Crippen LogP contribution < -0.4 is 5.43 Å². The van der Waals surface area contributed by atoms with Gasteiger partial charge in [-0.3, -0.25) is 4.79 Å². The summed E-state index contributed by atoms with van der Waals surface area (Å²) in [7, 11) is 0. The minimum atomic E-state index is -4.55. The first-order valence-corrected chi connectivity index (χ1v) is 6.05. The highest BCUT2D eigenvalue weighted by Crippen LogP contribution is 2.29. The Hall–Kier alpha value is -1.30. The lowest BCUT2D eigenvalue weighted by Crippen LogP contribution is -2.14. The number of pyridine rings is 1. The molecule has 0 aliphatic carbocycles. The number of fused-ring (bicyclic) bond motifs is 1. The molecule has 0 aliphatic heterocycles. The van der Waals surface area contributed by atoms with Gasteiger partial charge in [0.25, 0.3) is 0 Å². The summed E-state index contributed by atoms with van der Waals surface area (Å²) in [6.07, 6.45) is -4.02. The highest BCUT2D eigenvalue weighted by atomic mass is 79.9. The highest BCUT2D eigenvalue weighted by molar-refractivity contribution is 9.10. The summed E-state index contributed by atoms with van der Waals surface area (Å²) in [5.74, 6) is 0. The molecule has 0 fully saturated rings. The summed E-state index contributed by atoms with van der Waals surface area (Å²) >= 11 is 3.24. The largest absolute Gasteiger partial charge is 0.431 e. The number of hydrogen-bond donors (Lipinski definition) is 1. The van der Waals surface area contributed by atoms with E-state index in [1.807, 2.05) is 6.92 Å². The van der Waals surface area contributed by atoms with Crippen LogP contribution in [0.25, 0.3) is 10.9 Å². The fraction of sp³-hybridized carbons (Fsp3) is 0.250. The molecule has 0 aliphatic rings.